The summed E-state index contributed by atoms with van der Waals surface area (Å²) in [6.07, 6.45) is 1.48. The molecule has 1 aliphatic rings. The standard InChI is InChI=1S/C28H30N4O2S/c1-19-7-9-21(10-8-19)18-32-27(34)25-24(13-16-35-25)30-28(32)31-14-11-22(12-15-31)26(33)29-17-23-6-4-3-5-20(23)2/h3-10,13,16,22H,11-12,14-15,17-18H2,1-2H3,(H,29,33). The lowest BCUT2D eigenvalue weighted by molar-refractivity contribution is -0.125. The van der Waals surface area contributed by atoms with E-state index in [4.69, 9.17) is 4.98 Å². The number of rotatable bonds is 6. The Morgan fingerprint density at radius 3 is 2.54 bits per heavy atom. The quantitative estimate of drug-likeness (QED) is 0.431. The Morgan fingerprint density at radius 2 is 1.80 bits per heavy atom. The molecule has 1 fully saturated rings. The molecule has 0 unspecified atom stereocenters. The van der Waals surface area contributed by atoms with Gasteiger partial charge in [0.25, 0.3) is 5.56 Å². The number of hydrogen-bond donors (Lipinski definition) is 1. The number of thiophene rings is 1. The van der Waals surface area contributed by atoms with Crippen LogP contribution in [0.15, 0.2) is 64.8 Å². The van der Waals surface area contributed by atoms with Gasteiger partial charge in [-0.05, 0) is 54.8 Å². The number of aromatic nitrogens is 2. The van der Waals surface area contributed by atoms with E-state index >= 15 is 0 Å². The lowest BCUT2D eigenvalue weighted by atomic mass is 9.96. The summed E-state index contributed by atoms with van der Waals surface area (Å²) in [5.41, 5.74) is 5.33. The summed E-state index contributed by atoms with van der Waals surface area (Å²) in [5, 5.41) is 5.04. The predicted octanol–water partition coefficient (Wildman–Crippen LogP) is 4.66. The summed E-state index contributed by atoms with van der Waals surface area (Å²) >= 11 is 1.44. The molecule has 7 heteroatoms. The molecule has 0 bridgehead atoms. The number of piperidine rings is 1. The van der Waals surface area contributed by atoms with Crippen LogP contribution in [0.25, 0.3) is 10.2 Å². The van der Waals surface area contributed by atoms with Crippen molar-refractivity contribution in [3.63, 3.8) is 0 Å². The highest BCUT2D eigenvalue weighted by Gasteiger charge is 2.28. The Kier molecular flexibility index (Phi) is 6.68. The second kappa shape index (κ2) is 10.0. The maximum atomic E-state index is 13.4. The molecule has 0 radical (unpaired) electrons. The summed E-state index contributed by atoms with van der Waals surface area (Å²) in [6.45, 7) is 6.54. The van der Waals surface area contributed by atoms with Crippen LogP contribution in [0.4, 0.5) is 5.95 Å². The van der Waals surface area contributed by atoms with Crippen molar-refractivity contribution in [2.24, 2.45) is 5.92 Å². The molecule has 2 aromatic carbocycles. The first-order chi connectivity index (χ1) is 17.0. The minimum Gasteiger partial charge on any atom is -0.352 e. The van der Waals surface area contributed by atoms with Crippen molar-refractivity contribution in [3.8, 4) is 0 Å². The van der Waals surface area contributed by atoms with Gasteiger partial charge in [-0.15, -0.1) is 11.3 Å². The van der Waals surface area contributed by atoms with Crippen LogP contribution in [-0.2, 0) is 17.9 Å². The van der Waals surface area contributed by atoms with Crippen LogP contribution in [0.2, 0.25) is 0 Å². The van der Waals surface area contributed by atoms with Crippen LogP contribution >= 0.6 is 11.3 Å². The molecule has 2 aromatic heterocycles. The third kappa shape index (κ3) is 5.00. The van der Waals surface area contributed by atoms with Crippen LogP contribution in [-0.4, -0.2) is 28.5 Å². The molecule has 1 amide bonds. The van der Waals surface area contributed by atoms with Crippen molar-refractivity contribution in [2.75, 3.05) is 18.0 Å². The van der Waals surface area contributed by atoms with Crippen molar-refractivity contribution in [2.45, 2.75) is 39.8 Å². The van der Waals surface area contributed by atoms with E-state index < -0.39 is 0 Å². The largest absolute Gasteiger partial charge is 0.352 e. The number of hydrogen-bond acceptors (Lipinski definition) is 5. The number of carbonyl (C=O) groups excluding carboxylic acids is 1. The molecular weight excluding hydrogens is 456 g/mol. The minimum atomic E-state index is -0.0302. The maximum Gasteiger partial charge on any atom is 0.273 e. The highest BCUT2D eigenvalue weighted by Crippen LogP contribution is 2.25. The third-order valence-corrected chi connectivity index (χ3v) is 7.76. The van der Waals surface area contributed by atoms with Crippen LogP contribution in [0.1, 0.15) is 35.1 Å². The molecule has 0 spiro atoms. The van der Waals surface area contributed by atoms with Gasteiger partial charge in [-0.25, -0.2) is 4.98 Å². The Hall–Kier alpha value is -3.45. The molecule has 0 aliphatic carbocycles. The Morgan fingerprint density at radius 1 is 1.06 bits per heavy atom. The topological polar surface area (TPSA) is 67.2 Å². The molecule has 0 atom stereocenters. The van der Waals surface area contributed by atoms with Crippen molar-refractivity contribution < 1.29 is 4.79 Å². The second-order valence-corrected chi connectivity index (χ2v) is 10.2. The number of benzene rings is 2. The fourth-order valence-electron chi connectivity index (χ4n) is 4.67. The number of nitrogens with one attached hydrogen (secondary N) is 1. The minimum absolute atomic E-state index is 0.00123. The van der Waals surface area contributed by atoms with Gasteiger partial charge in [0, 0.05) is 25.6 Å². The van der Waals surface area contributed by atoms with E-state index in [1.54, 1.807) is 4.57 Å². The predicted molar refractivity (Wildman–Crippen MR) is 142 cm³/mol. The SMILES string of the molecule is Cc1ccc(Cn2c(N3CCC(C(=O)NCc4ccccc4C)CC3)nc3ccsc3c2=O)cc1. The van der Waals surface area contributed by atoms with E-state index in [9.17, 15) is 9.59 Å². The zero-order valence-electron chi connectivity index (χ0n) is 20.2. The summed E-state index contributed by atoms with van der Waals surface area (Å²) < 4.78 is 2.48. The summed E-state index contributed by atoms with van der Waals surface area (Å²) in [4.78, 5) is 33.3. The van der Waals surface area contributed by atoms with E-state index in [0.717, 1.165) is 29.5 Å². The van der Waals surface area contributed by atoms with Crippen LogP contribution in [0.5, 0.6) is 0 Å². The van der Waals surface area contributed by atoms with Crippen LogP contribution in [0, 0.1) is 19.8 Å². The van der Waals surface area contributed by atoms with Gasteiger partial charge < -0.3 is 10.2 Å². The van der Waals surface area contributed by atoms with E-state index in [2.05, 4.69) is 60.5 Å². The average Bonchev–Trinajstić information content (AvgIpc) is 3.35. The molecule has 5 rings (SSSR count). The molecule has 180 valence electrons. The lowest BCUT2D eigenvalue weighted by Gasteiger charge is -2.33. The number of fused-ring (bicyclic) bond motifs is 1. The summed E-state index contributed by atoms with van der Waals surface area (Å²) in [5.74, 6) is 0.767. The summed E-state index contributed by atoms with van der Waals surface area (Å²) in [7, 11) is 0. The second-order valence-electron chi connectivity index (χ2n) is 9.33. The number of amides is 1. The van der Waals surface area contributed by atoms with Crippen molar-refractivity contribution in [3.05, 3.63) is 92.6 Å². The van der Waals surface area contributed by atoms with Gasteiger partial charge in [-0.1, -0.05) is 54.1 Å². The van der Waals surface area contributed by atoms with Gasteiger partial charge in [0.2, 0.25) is 11.9 Å². The van der Waals surface area contributed by atoms with Gasteiger partial charge >= 0.3 is 0 Å². The molecular formula is C28H30N4O2S. The fraction of sp³-hybridized carbons (Fsp3) is 0.321. The van der Waals surface area contributed by atoms with Crippen molar-refractivity contribution >= 4 is 33.4 Å². The van der Waals surface area contributed by atoms with Gasteiger partial charge in [-0.3, -0.25) is 14.2 Å². The maximum absolute atomic E-state index is 13.4. The number of aryl methyl sites for hydroxylation is 2. The summed E-state index contributed by atoms with van der Waals surface area (Å²) in [6, 6.07) is 18.3. The molecule has 3 heterocycles. The highest BCUT2D eigenvalue weighted by molar-refractivity contribution is 7.17. The Labute approximate surface area is 209 Å². The molecule has 35 heavy (non-hydrogen) atoms. The first-order valence-corrected chi connectivity index (χ1v) is 13.0. The molecule has 1 N–H and O–H groups in total. The molecule has 1 aliphatic heterocycles. The van der Waals surface area contributed by atoms with Gasteiger partial charge in [-0.2, -0.15) is 0 Å². The zero-order chi connectivity index (χ0) is 24.4. The molecule has 4 aromatic rings. The Bertz CT molecular complexity index is 1400. The van der Waals surface area contributed by atoms with E-state index in [1.807, 2.05) is 23.6 Å². The number of nitrogens with zero attached hydrogens (tertiary/aromatic N) is 3. The van der Waals surface area contributed by atoms with E-state index in [1.165, 1.54) is 22.5 Å². The molecule has 1 saturated heterocycles. The third-order valence-electron chi connectivity index (χ3n) is 6.87. The van der Waals surface area contributed by atoms with Crippen LogP contribution < -0.4 is 15.8 Å². The van der Waals surface area contributed by atoms with E-state index in [0.29, 0.717) is 36.8 Å². The van der Waals surface area contributed by atoms with Crippen LogP contribution in [0.3, 0.4) is 0 Å². The van der Waals surface area contributed by atoms with Gasteiger partial charge in [0.15, 0.2) is 0 Å². The highest BCUT2D eigenvalue weighted by atomic mass is 32.1. The lowest BCUT2D eigenvalue weighted by Crippen LogP contribution is -2.42. The fourth-order valence-corrected chi connectivity index (χ4v) is 5.45. The van der Waals surface area contributed by atoms with Gasteiger partial charge in [0.05, 0.1) is 12.1 Å². The number of carbonyl (C=O) groups is 1. The Balaban J connectivity index is 1.32. The zero-order valence-corrected chi connectivity index (χ0v) is 21.0. The smallest absolute Gasteiger partial charge is 0.273 e. The number of anilines is 1. The average molecular weight is 487 g/mol. The van der Waals surface area contributed by atoms with E-state index in [-0.39, 0.29) is 17.4 Å². The van der Waals surface area contributed by atoms with Gasteiger partial charge in [0.1, 0.15) is 4.70 Å². The van der Waals surface area contributed by atoms with Crippen molar-refractivity contribution in [1.82, 2.24) is 14.9 Å². The normalized spacial score (nSPS) is 14.4. The first kappa shape index (κ1) is 23.3. The molecule has 0 saturated carbocycles. The van der Waals surface area contributed by atoms with Crippen molar-refractivity contribution in [1.29, 1.82) is 0 Å². The first-order valence-electron chi connectivity index (χ1n) is 12.1. The molecule has 6 nitrogen and oxygen atoms in total. The monoisotopic (exact) mass is 486 g/mol.